The van der Waals surface area contributed by atoms with Crippen LogP contribution in [-0.2, 0) is 4.79 Å². The van der Waals surface area contributed by atoms with Crippen LogP contribution in [0.5, 0.6) is 0 Å². The Morgan fingerprint density at radius 3 is 2.08 bits per heavy atom. The number of carbonyl (C=O) groups is 1. The number of carboxylic acids is 1. The molecular weight excluding hydrogens is 152 g/mol. The first-order valence-corrected chi connectivity index (χ1v) is 4.12. The van der Waals surface area contributed by atoms with Crippen LogP contribution >= 0.6 is 0 Å². The molecule has 0 aliphatic carbocycles. The fourth-order valence-electron chi connectivity index (χ4n) is 0.600. The fourth-order valence-corrected chi connectivity index (χ4v) is 0.600. The molecule has 0 spiro atoms. The maximum absolute atomic E-state index is 10.4. The van der Waals surface area contributed by atoms with Gasteiger partial charge in [0.05, 0.1) is 5.92 Å². The Morgan fingerprint density at radius 1 is 1.17 bits per heavy atom. The molecule has 0 amide bonds. The third-order valence-electron chi connectivity index (χ3n) is 1.40. The van der Waals surface area contributed by atoms with E-state index in [0.29, 0.717) is 5.92 Å². The number of aliphatic carboxylic acids is 1. The molecule has 1 atom stereocenters. The van der Waals surface area contributed by atoms with Crippen molar-refractivity contribution in [1.82, 2.24) is 0 Å². The molecule has 0 radical (unpaired) electrons. The molecule has 0 aliphatic rings. The van der Waals surface area contributed by atoms with E-state index in [9.17, 15) is 4.79 Å². The maximum Gasteiger partial charge on any atom is 0.310 e. The number of rotatable bonds is 4. The minimum absolute atomic E-state index is 0.401. The van der Waals surface area contributed by atoms with Crippen LogP contribution in [0.15, 0.2) is 24.3 Å². The number of allylic oxidation sites excluding steroid dienone is 3. The smallest absolute Gasteiger partial charge is 0.310 e. The Morgan fingerprint density at radius 2 is 1.67 bits per heavy atom. The second kappa shape index (κ2) is 5.58. The fraction of sp³-hybridized carbons (Fsp3) is 0.500. The lowest BCUT2D eigenvalue weighted by atomic mass is 10.1. The summed E-state index contributed by atoms with van der Waals surface area (Å²) in [7, 11) is 0. The highest BCUT2D eigenvalue weighted by Gasteiger charge is 2.03. The van der Waals surface area contributed by atoms with Gasteiger partial charge in [0.1, 0.15) is 0 Å². The van der Waals surface area contributed by atoms with E-state index in [1.54, 1.807) is 19.1 Å². The van der Waals surface area contributed by atoms with E-state index in [1.165, 1.54) is 0 Å². The summed E-state index contributed by atoms with van der Waals surface area (Å²) in [5.41, 5.74) is 0. The highest BCUT2D eigenvalue weighted by Crippen LogP contribution is 1.98. The van der Waals surface area contributed by atoms with Crippen molar-refractivity contribution >= 4 is 5.97 Å². The zero-order chi connectivity index (χ0) is 9.56. The zero-order valence-electron chi connectivity index (χ0n) is 7.82. The van der Waals surface area contributed by atoms with E-state index in [4.69, 9.17) is 5.11 Å². The van der Waals surface area contributed by atoms with Gasteiger partial charge in [0.2, 0.25) is 0 Å². The molecule has 1 N–H and O–H groups in total. The summed E-state index contributed by atoms with van der Waals surface area (Å²) in [6.45, 7) is 5.80. The van der Waals surface area contributed by atoms with Gasteiger partial charge in [0.25, 0.3) is 0 Å². The van der Waals surface area contributed by atoms with Gasteiger partial charge < -0.3 is 5.11 Å². The number of carboxylic acid groups (broad SMARTS) is 1. The van der Waals surface area contributed by atoms with Crippen molar-refractivity contribution in [3.05, 3.63) is 24.3 Å². The van der Waals surface area contributed by atoms with E-state index in [1.807, 2.05) is 12.2 Å². The zero-order valence-corrected chi connectivity index (χ0v) is 7.82. The SMILES string of the molecule is CC(C)C=CC=CC(C)C(=O)O. The first-order chi connectivity index (χ1) is 5.54. The largest absolute Gasteiger partial charge is 0.481 e. The monoisotopic (exact) mass is 168 g/mol. The molecule has 0 saturated carbocycles. The Labute approximate surface area is 73.6 Å². The van der Waals surface area contributed by atoms with Crippen molar-refractivity contribution in [1.29, 1.82) is 0 Å². The second-order valence-corrected chi connectivity index (χ2v) is 3.14. The Balaban J connectivity index is 3.84. The van der Waals surface area contributed by atoms with Crippen LogP contribution in [0.25, 0.3) is 0 Å². The Kier molecular flexibility index (Phi) is 5.09. The van der Waals surface area contributed by atoms with Gasteiger partial charge in [-0.25, -0.2) is 0 Å². The summed E-state index contributed by atoms with van der Waals surface area (Å²) >= 11 is 0. The van der Waals surface area contributed by atoms with Gasteiger partial charge in [-0.05, 0) is 12.8 Å². The Hall–Kier alpha value is -1.05. The molecule has 0 fully saturated rings. The van der Waals surface area contributed by atoms with E-state index in [-0.39, 0.29) is 0 Å². The van der Waals surface area contributed by atoms with Crippen molar-refractivity contribution in [2.24, 2.45) is 11.8 Å². The van der Waals surface area contributed by atoms with Crippen LogP contribution in [0, 0.1) is 11.8 Å². The number of hydrogen-bond donors (Lipinski definition) is 1. The molecular formula is C10H16O2. The van der Waals surface area contributed by atoms with E-state index in [2.05, 4.69) is 13.8 Å². The molecule has 0 aromatic heterocycles. The van der Waals surface area contributed by atoms with E-state index in [0.717, 1.165) is 0 Å². The van der Waals surface area contributed by atoms with Gasteiger partial charge in [0.15, 0.2) is 0 Å². The van der Waals surface area contributed by atoms with Crippen molar-refractivity contribution in [2.75, 3.05) is 0 Å². The molecule has 68 valence electrons. The average Bonchev–Trinajstić information content (AvgIpc) is 1.97. The van der Waals surface area contributed by atoms with Crippen molar-refractivity contribution in [2.45, 2.75) is 20.8 Å². The van der Waals surface area contributed by atoms with Gasteiger partial charge in [-0.15, -0.1) is 0 Å². The lowest BCUT2D eigenvalue weighted by molar-refractivity contribution is -0.139. The molecule has 0 aliphatic heterocycles. The highest BCUT2D eigenvalue weighted by molar-refractivity contribution is 5.71. The molecule has 1 unspecified atom stereocenters. The first kappa shape index (κ1) is 11.0. The van der Waals surface area contributed by atoms with Gasteiger partial charge in [0, 0.05) is 0 Å². The number of hydrogen-bond acceptors (Lipinski definition) is 1. The van der Waals surface area contributed by atoms with E-state index < -0.39 is 11.9 Å². The van der Waals surface area contributed by atoms with Crippen molar-refractivity contribution in [3.8, 4) is 0 Å². The molecule has 0 aromatic carbocycles. The minimum Gasteiger partial charge on any atom is -0.481 e. The van der Waals surface area contributed by atoms with Crippen molar-refractivity contribution < 1.29 is 9.90 Å². The summed E-state index contributed by atoms with van der Waals surface area (Å²) in [5, 5.41) is 8.52. The molecule has 2 nitrogen and oxygen atoms in total. The van der Waals surface area contributed by atoms with Crippen LogP contribution in [0.4, 0.5) is 0 Å². The van der Waals surface area contributed by atoms with E-state index >= 15 is 0 Å². The first-order valence-electron chi connectivity index (χ1n) is 4.12. The van der Waals surface area contributed by atoms with Crippen LogP contribution in [0.3, 0.4) is 0 Å². The summed E-state index contributed by atoms with van der Waals surface area (Å²) in [5.74, 6) is -0.680. The predicted molar refractivity (Wildman–Crippen MR) is 49.9 cm³/mol. The summed E-state index contributed by atoms with van der Waals surface area (Å²) in [6.07, 6.45) is 7.34. The third kappa shape index (κ3) is 5.71. The highest BCUT2D eigenvalue weighted by atomic mass is 16.4. The lowest BCUT2D eigenvalue weighted by Gasteiger charge is -1.95. The van der Waals surface area contributed by atoms with Gasteiger partial charge >= 0.3 is 5.97 Å². The maximum atomic E-state index is 10.4. The van der Waals surface area contributed by atoms with Gasteiger partial charge in [-0.1, -0.05) is 38.2 Å². The normalized spacial score (nSPS) is 14.7. The average molecular weight is 168 g/mol. The third-order valence-corrected chi connectivity index (χ3v) is 1.40. The molecule has 0 bridgehead atoms. The molecule has 0 aromatic rings. The van der Waals surface area contributed by atoms with Crippen molar-refractivity contribution in [3.63, 3.8) is 0 Å². The van der Waals surface area contributed by atoms with Crippen LogP contribution in [0.2, 0.25) is 0 Å². The molecule has 12 heavy (non-hydrogen) atoms. The standard InChI is InChI=1S/C10H16O2/c1-8(2)6-4-5-7-9(3)10(11)12/h4-9H,1-3H3,(H,11,12). The molecule has 0 heterocycles. The second-order valence-electron chi connectivity index (χ2n) is 3.14. The molecule has 2 heteroatoms. The molecule has 0 saturated heterocycles. The predicted octanol–water partition coefficient (Wildman–Crippen LogP) is 2.48. The quantitative estimate of drug-likeness (QED) is 0.655. The lowest BCUT2D eigenvalue weighted by Crippen LogP contribution is -2.05. The summed E-state index contributed by atoms with van der Waals surface area (Å²) in [6, 6.07) is 0. The van der Waals surface area contributed by atoms with Crippen LogP contribution in [0.1, 0.15) is 20.8 Å². The summed E-state index contributed by atoms with van der Waals surface area (Å²) < 4.78 is 0. The van der Waals surface area contributed by atoms with Crippen LogP contribution in [-0.4, -0.2) is 11.1 Å². The summed E-state index contributed by atoms with van der Waals surface area (Å²) in [4.78, 5) is 10.4. The molecule has 0 rings (SSSR count). The Bertz CT molecular complexity index is 190. The minimum atomic E-state index is -0.788. The topological polar surface area (TPSA) is 37.3 Å². The van der Waals surface area contributed by atoms with Gasteiger partial charge in [-0.2, -0.15) is 0 Å². The van der Waals surface area contributed by atoms with Crippen LogP contribution < -0.4 is 0 Å². The van der Waals surface area contributed by atoms with Gasteiger partial charge in [-0.3, -0.25) is 4.79 Å².